The summed E-state index contributed by atoms with van der Waals surface area (Å²) in [6, 6.07) is 5.26. The smallest absolute Gasteiger partial charge is 0.465 e. The molecule has 3 N–H and O–H groups in total. The Labute approximate surface area is 199 Å². The second-order valence-electron chi connectivity index (χ2n) is 8.41. The predicted octanol–water partition coefficient (Wildman–Crippen LogP) is 2.13. The quantitative estimate of drug-likeness (QED) is 0.546. The Morgan fingerprint density at radius 3 is 2.63 bits per heavy atom. The summed E-state index contributed by atoms with van der Waals surface area (Å²) >= 11 is 0. The zero-order valence-electron chi connectivity index (χ0n) is 18.7. The maximum absolute atomic E-state index is 13.3. The molecular weight excluding hydrogens is 473 g/mol. The number of likely N-dealkylation sites (tertiary alicyclic amines) is 1. The van der Waals surface area contributed by atoms with Crippen LogP contribution in [0.5, 0.6) is 5.75 Å². The highest BCUT2D eigenvalue weighted by Gasteiger charge is 2.45. The molecule has 10 nitrogen and oxygen atoms in total. The molecule has 2 aliphatic heterocycles. The summed E-state index contributed by atoms with van der Waals surface area (Å²) in [5, 5.41) is 23.1. The molecule has 0 spiro atoms. The fourth-order valence-electron chi connectivity index (χ4n) is 4.31. The van der Waals surface area contributed by atoms with Crippen LogP contribution in [0.3, 0.4) is 0 Å². The van der Waals surface area contributed by atoms with E-state index in [1.165, 1.54) is 17.0 Å². The van der Waals surface area contributed by atoms with Gasteiger partial charge in [0.15, 0.2) is 0 Å². The van der Waals surface area contributed by atoms with Crippen LogP contribution in [0.25, 0.3) is 0 Å². The van der Waals surface area contributed by atoms with Gasteiger partial charge in [-0.25, -0.2) is 4.79 Å². The second-order valence-corrected chi connectivity index (χ2v) is 8.41. The zero-order chi connectivity index (χ0) is 25.6. The van der Waals surface area contributed by atoms with Crippen molar-refractivity contribution in [3.63, 3.8) is 0 Å². The first kappa shape index (κ1) is 26.1. The van der Waals surface area contributed by atoms with Crippen LogP contribution in [0.4, 0.5) is 18.0 Å². The maximum atomic E-state index is 13.3. The average molecular weight is 498 g/mol. The van der Waals surface area contributed by atoms with Gasteiger partial charge in [0.1, 0.15) is 11.3 Å². The molecule has 2 aliphatic rings. The molecule has 0 saturated carbocycles. The lowest BCUT2D eigenvalue weighted by molar-refractivity contribution is -0.274. The third-order valence-electron chi connectivity index (χ3n) is 6.06. The van der Waals surface area contributed by atoms with Crippen molar-refractivity contribution < 1.29 is 42.1 Å². The number of amides is 3. The van der Waals surface area contributed by atoms with Gasteiger partial charge in [0.25, 0.3) is 0 Å². The summed E-state index contributed by atoms with van der Waals surface area (Å²) in [5.74, 6) is -2.09. The summed E-state index contributed by atoms with van der Waals surface area (Å²) < 4.78 is 47.5. The molecule has 0 bridgehead atoms. The van der Waals surface area contributed by atoms with Gasteiger partial charge >= 0.3 is 12.5 Å². The molecule has 2 saturated heterocycles. The molecule has 2 heterocycles. The summed E-state index contributed by atoms with van der Waals surface area (Å²) in [7, 11) is 0. The first-order valence-corrected chi connectivity index (χ1v) is 11.0. The molecule has 2 fully saturated rings. The highest BCUT2D eigenvalue weighted by atomic mass is 19.4. The lowest BCUT2D eigenvalue weighted by Crippen LogP contribution is -2.63. The highest BCUT2D eigenvalue weighted by Crippen LogP contribution is 2.29. The van der Waals surface area contributed by atoms with Crippen molar-refractivity contribution in [2.45, 2.75) is 44.1 Å². The summed E-state index contributed by atoms with van der Waals surface area (Å²) in [6.45, 7) is 0.565. The third kappa shape index (κ3) is 6.75. The standard InChI is InChI=1S/C22H25F3N4O6/c23-22(24,25)35-17-10-14(11-26)3-4-15(17)12-27-18(30)16-2-1-7-29(13-16)19(31)21(28-20(32)33)5-8-34-9-6-21/h3-4,10,16,28H,1-2,5-9,12-13H2,(H,27,30)(H,32,33). The fourth-order valence-corrected chi connectivity index (χ4v) is 4.31. The van der Waals surface area contributed by atoms with Crippen LogP contribution >= 0.6 is 0 Å². The molecule has 1 unspecified atom stereocenters. The Hall–Kier alpha value is -3.53. The van der Waals surface area contributed by atoms with E-state index in [9.17, 15) is 32.7 Å². The van der Waals surface area contributed by atoms with E-state index in [1.807, 2.05) is 0 Å². The topological polar surface area (TPSA) is 141 Å². The molecule has 0 aliphatic carbocycles. The third-order valence-corrected chi connectivity index (χ3v) is 6.06. The van der Waals surface area contributed by atoms with Crippen molar-refractivity contribution in [3.05, 3.63) is 29.3 Å². The van der Waals surface area contributed by atoms with Crippen molar-refractivity contribution in [1.29, 1.82) is 5.26 Å². The van der Waals surface area contributed by atoms with Gasteiger partial charge in [-0.3, -0.25) is 9.59 Å². The van der Waals surface area contributed by atoms with Crippen molar-refractivity contribution in [1.82, 2.24) is 15.5 Å². The van der Waals surface area contributed by atoms with Crippen LogP contribution < -0.4 is 15.4 Å². The minimum absolute atomic E-state index is 0.0298. The first-order valence-electron chi connectivity index (χ1n) is 11.0. The SMILES string of the molecule is N#Cc1ccc(CNC(=O)C2CCCN(C(=O)C3(NC(=O)O)CCOCC3)C2)c(OC(F)(F)F)c1. The first-order chi connectivity index (χ1) is 16.5. The van der Waals surface area contributed by atoms with Gasteiger partial charge in [0.05, 0.1) is 17.6 Å². The largest absolute Gasteiger partial charge is 0.573 e. The van der Waals surface area contributed by atoms with E-state index in [4.69, 9.17) is 10.00 Å². The van der Waals surface area contributed by atoms with Crippen LogP contribution in [0, 0.1) is 17.2 Å². The average Bonchev–Trinajstić information content (AvgIpc) is 2.81. The molecule has 1 aromatic carbocycles. The van der Waals surface area contributed by atoms with E-state index >= 15 is 0 Å². The van der Waals surface area contributed by atoms with E-state index in [1.54, 1.807) is 6.07 Å². The number of hydrogen-bond donors (Lipinski definition) is 3. The van der Waals surface area contributed by atoms with Crippen molar-refractivity contribution in [2.24, 2.45) is 5.92 Å². The molecular formula is C22H25F3N4O6. The molecule has 35 heavy (non-hydrogen) atoms. The van der Waals surface area contributed by atoms with Crippen molar-refractivity contribution in [2.75, 3.05) is 26.3 Å². The Kier molecular flexibility index (Phi) is 8.06. The number of rotatable bonds is 6. The number of carboxylic acid groups (broad SMARTS) is 1. The molecule has 3 amide bonds. The van der Waals surface area contributed by atoms with E-state index in [0.717, 1.165) is 6.07 Å². The number of nitrogens with zero attached hydrogens (tertiary/aromatic N) is 2. The monoisotopic (exact) mass is 498 g/mol. The lowest BCUT2D eigenvalue weighted by Gasteiger charge is -2.41. The van der Waals surface area contributed by atoms with E-state index in [0.29, 0.717) is 19.4 Å². The van der Waals surface area contributed by atoms with Gasteiger partial charge in [-0.2, -0.15) is 5.26 Å². The Bertz CT molecular complexity index is 1000. The molecule has 0 radical (unpaired) electrons. The van der Waals surface area contributed by atoms with E-state index in [2.05, 4.69) is 15.4 Å². The van der Waals surface area contributed by atoms with Crippen LogP contribution in [0.15, 0.2) is 18.2 Å². The Morgan fingerprint density at radius 2 is 2.00 bits per heavy atom. The van der Waals surface area contributed by atoms with Gasteiger partial charge in [-0.15, -0.1) is 13.2 Å². The number of piperidine rings is 1. The molecule has 1 aromatic rings. The number of hydrogen-bond acceptors (Lipinski definition) is 6. The normalized spacial score (nSPS) is 19.8. The number of halogens is 3. The van der Waals surface area contributed by atoms with Crippen LogP contribution in [-0.2, 0) is 20.9 Å². The second kappa shape index (κ2) is 10.8. The molecule has 0 aromatic heterocycles. The lowest BCUT2D eigenvalue weighted by atomic mass is 9.86. The van der Waals surface area contributed by atoms with Crippen molar-refractivity contribution in [3.8, 4) is 11.8 Å². The highest BCUT2D eigenvalue weighted by molar-refractivity contribution is 5.90. The van der Waals surface area contributed by atoms with Crippen LogP contribution in [0.1, 0.15) is 36.8 Å². The van der Waals surface area contributed by atoms with E-state index in [-0.39, 0.29) is 50.3 Å². The molecule has 13 heteroatoms. The number of ether oxygens (including phenoxy) is 2. The minimum Gasteiger partial charge on any atom is -0.465 e. The van der Waals surface area contributed by atoms with Crippen molar-refractivity contribution >= 4 is 17.9 Å². The minimum atomic E-state index is -4.97. The van der Waals surface area contributed by atoms with Gasteiger partial charge in [0, 0.05) is 51.3 Å². The molecule has 190 valence electrons. The number of nitrogens with one attached hydrogen (secondary N) is 2. The van der Waals surface area contributed by atoms with Gasteiger partial charge < -0.3 is 30.1 Å². The maximum Gasteiger partial charge on any atom is 0.573 e. The number of alkyl halides is 3. The van der Waals surface area contributed by atoms with Gasteiger partial charge in [0.2, 0.25) is 11.8 Å². The fraction of sp³-hybridized carbons (Fsp3) is 0.545. The van der Waals surface area contributed by atoms with Gasteiger partial charge in [-0.1, -0.05) is 6.07 Å². The van der Waals surface area contributed by atoms with E-state index < -0.39 is 41.5 Å². The number of carbonyl (C=O) groups excluding carboxylic acids is 2. The Morgan fingerprint density at radius 1 is 1.29 bits per heavy atom. The number of carbonyl (C=O) groups is 3. The van der Waals surface area contributed by atoms with Crippen LogP contribution in [-0.4, -0.2) is 66.1 Å². The Balaban J connectivity index is 1.66. The van der Waals surface area contributed by atoms with Crippen LogP contribution in [0.2, 0.25) is 0 Å². The molecule has 3 rings (SSSR count). The summed E-state index contributed by atoms with van der Waals surface area (Å²) in [6.07, 6.45) is -4.99. The summed E-state index contributed by atoms with van der Waals surface area (Å²) in [5.41, 5.74) is -1.32. The molecule has 1 atom stereocenters. The zero-order valence-corrected chi connectivity index (χ0v) is 18.7. The number of benzene rings is 1. The summed E-state index contributed by atoms with van der Waals surface area (Å²) in [4.78, 5) is 38.8. The predicted molar refractivity (Wildman–Crippen MR) is 113 cm³/mol. The number of nitriles is 1. The van der Waals surface area contributed by atoms with Gasteiger partial charge in [-0.05, 0) is 25.0 Å².